The molecule has 0 radical (unpaired) electrons. The quantitative estimate of drug-likeness (QED) is 0.630. The van der Waals surface area contributed by atoms with Gasteiger partial charge in [0.2, 0.25) is 0 Å². The smallest absolute Gasteiger partial charge is 0.316 e. The van der Waals surface area contributed by atoms with Crippen molar-refractivity contribution in [1.29, 1.82) is 0 Å². The molecule has 6 heteroatoms. The first-order chi connectivity index (χ1) is 8.95. The Bertz CT molecular complexity index is 502. The van der Waals surface area contributed by atoms with E-state index < -0.39 is 11.8 Å². The molecule has 0 heterocycles. The fraction of sp³-hybridized carbons (Fsp3) is 0.308. The van der Waals surface area contributed by atoms with Gasteiger partial charge in [-0.05, 0) is 31.5 Å². The highest BCUT2D eigenvalue weighted by molar-refractivity contribution is 7.80. The number of nitrogens with two attached hydrogens (primary N) is 1. The Labute approximate surface area is 117 Å². The van der Waals surface area contributed by atoms with E-state index in [-0.39, 0.29) is 11.5 Å². The molecule has 0 atom stereocenters. The first kappa shape index (κ1) is 15.1. The van der Waals surface area contributed by atoms with Crippen LogP contribution in [0.1, 0.15) is 12.5 Å². The molecule has 0 fully saturated rings. The number of hydrogen-bond acceptors (Lipinski definition) is 3. The lowest BCUT2D eigenvalue weighted by Gasteiger charge is -2.20. The number of nitrogens with zero attached hydrogens (tertiary/aromatic N) is 1. The Morgan fingerprint density at radius 1 is 1.42 bits per heavy atom. The Balaban J connectivity index is 2.82. The van der Waals surface area contributed by atoms with E-state index in [1.54, 1.807) is 13.0 Å². The minimum Gasteiger partial charge on any atom is -0.392 e. The summed E-state index contributed by atoms with van der Waals surface area (Å²) in [5, 5.41) is 2.38. The van der Waals surface area contributed by atoms with Crippen molar-refractivity contribution in [2.24, 2.45) is 5.73 Å². The Morgan fingerprint density at radius 3 is 2.63 bits per heavy atom. The second-order valence-corrected chi connectivity index (χ2v) is 4.56. The Morgan fingerprint density at radius 2 is 2.11 bits per heavy atom. The van der Waals surface area contributed by atoms with Gasteiger partial charge in [-0.15, -0.1) is 0 Å². The molecule has 0 unspecified atom stereocenters. The molecular weight excluding hydrogens is 262 g/mol. The van der Waals surface area contributed by atoms with Crippen LogP contribution in [0, 0.1) is 6.92 Å². The first-order valence-electron chi connectivity index (χ1n) is 5.90. The maximum Gasteiger partial charge on any atom is 0.316 e. The highest BCUT2D eigenvalue weighted by Gasteiger charge is 2.21. The van der Waals surface area contributed by atoms with Crippen molar-refractivity contribution in [3.63, 3.8) is 0 Å². The van der Waals surface area contributed by atoms with Crippen molar-refractivity contribution in [3.8, 4) is 0 Å². The molecule has 0 saturated heterocycles. The first-order valence-corrected chi connectivity index (χ1v) is 6.31. The van der Waals surface area contributed by atoms with Gasteiger partial charge in [0, 0.05) is 12.2 Å². The van der Waals surface area contributed by atoms with E-state index in [1.807, 2.05) is 25.1 Å². The van der Waals surface area contributed by atoms with Crippen molar-refractivity contribution in [2.75, 3.05) is 18.0 Å². The van der Waals surface area contributed by atoms with Crippen LogP contribution in [0.15, 0.2) is 24.3 Å². The van der Waals surface area contributed by atoms with E-state index in [1.165, 1.54) is 4.90 Å². The summed E-state index contributed by atoms with van der Waals surface area (Å²) < 4.78 is 0. The second kappa shape index (κ2) is 6.84. The number of rotatable bonds is 4. The standard InChI is InChI=1S/C13H17N3O2S/c1-3-16(10-6-4-5-9(2)7-10)13(18)12(17)15-8-11(14)19/h4-7H,3,8H2,1-2H3,(H2,14,19)(H,15,17). The minimum absolute atomic E-state index is 0.0191. The van der Waals surface area contributed by atoms with Gasteiger partial charge in [-0.1, -0.05) is 24.4 Å². The highest BCUT2D eigenvalue weighted by Crippen LogP contribution is 2.15. The molecule has 3 N–H and O–H groups in total. The molecule has 0 aromatic heterocycles. The summed E-state index contributed by atoms with van der Waals surface area (Å²) in [5.41, 5.74) is 6.99. The maximum atomic E-state index is 12.0. The fourth-order valence-corrected chi connectivity index (χ4v) is 1.68. The number of hydrogen-bond donors (Lipinski definition) is 2. The molecule has 1 aromatic rings. The monoisotopic (exact) mass is 279 g/mol. The predicted molar refractivity (Wildman–Crippen MR) is 79.0 cm³/mol. The Hall–Kier alpha value is -1.95. The van der Waals surface area contributed by atoms with Gasteiger partial charge in [0.05, 0.1) is 11.5 Å². The number of amides is 2. The van der Waals surface area contributed by atoms with E-state index >= 15 is 0 Å². The van der Waals surface area contributed by atoms with Gasteiger partial charge in [-0.25, -0.2) is 0 Å². The zero-order valence-electron chi connectivity index (χ0n) is 11.0. The summed E-state index contributed by atoms with van der Waals surface area (Å²) in [5.74, 6) is -1.33. The molecule has 0 aliphatic carbocycles. The molecule has 0 bridgehead atoms. The summed E-state index contributed by atoms with van der Waals surface area (Å²) in [6.07, 6.45) is 0. The van der Waals surface area contributed by atoms with Gasteiger partial charge >= 0.3 is 11.8 Å². The third-order valence-corrected chi connectivity index (χ3v) is 2.64. The van der Waals surface area contributed by atoms with Crippen LogP contribution in [0.25, 0.3) is 0 Å². The van der Waals surface area contributed by atoms with Crippen LogP contribution in [0.4, 0.5) is 5.69 Å². The van der Waals surface area contributed by atoms with Crippen LogP contribution in [-0.2, 0) is 9.59 Å². The van der Waals surface area contributed by atoms with E-state index in [0.717, 1.165) is 5.56 Å². The molecule has 0 spiro atoms. The highest BCUT2D eigenvalue weighted by atomic mass is 32.1. The number of benzene rings is 1. The Kier molecular flexibility index (Phi) is 5.44. The number of nitrogens with one attached hydrogen (secondary N) is 1. The molecule has 1 aromatic carbocycles. The predicted octanol–water partition coefficient (Wildman–Crippen LogP) is 0.750. The van der Waals surface area contributed by atoms with Gasteiger partial charge in [0.15, 0.2) is 0 Å². The maximum absolute atomic E-state index is 12.0. The number of thiocarbonyl (C=S) groups is 1. The van der Waals surface area contributed by atoms with E-state index in [4.69, 9.17) is 5.73 Å². The molecule has 2 amide bonds. The summed E-state index contributed by atoms with van der Waals surface area (Å²) >= 11 is 4.64. The van der Waals surface area contributed by atoms with E-state index in [0.29, 0.717) is 12.2 Å². The summed E-state index contributed by atoms with van der Waals surface area (Å²) in [6, 6.07) is 7.40. The average Bonchev–Trinajstić information content (AvgIpc) is 2.36. The molecule has 0 saturated carbocycles. The lowest BCUT2D eigenvalue weighted by molar-refractivity contribution is -0.137. The molecule has 0 aliphatic heterocycles. The molecular formula is C13H17N3O2S. The summed E-state index contributed by atoms with van der Waals surface area (Å²) in [6.45, 7) is 4.16. The van der Waals surface area contributed by atoms with Gasteiger partial charge in [-0.3, -0.25) is 9.59 Å². The molecule has 5 nitrogen and oxygen atoms in total. The molecule has 102 valence electrons. The third kappa shape index (κ3) is 4.33. The van der Waals surface area contributed by atoms with E-state index in [9.17, 15) is 9.59 Å². The average molecular weight is 279 g/mol. The molecule has 19 heavy (non-hydrogen) atoms. The minimum atomic E-state index is -0.712. The fourth-order valence-electron chi connectivity index (χ4n) is 1.60. The molecule has 1 rings (SSSR count). The largest absolute Gasteiger partial charge is 0.392 e. The van der Waals surface area contributed by atoms with Crippen LogP contribution in [0.3, 0.4) is 0 Å². The SMILES string of the molecule is CCN(C(=O)C(=O)NCC(N)=S)c1cccc(C)c1. The van der Waals surface area contributed by atoms with Crippen LogP contribution in [0.2, 0.25) is 0 Å². The van der Waals surface area contributed by atoms with Crippen molar-refractivity contribution in [3.05, 3.63) is 29.8 Å². The third-order valence-electron chi connectivity index (χ3n) is 2.49. The van der Waals surface area contributed by atoms with Crippen molar-refractivity contribution in [1.82, 2.24) is 5.32 Å². The van der Waals surface area contributed by atoms with Crippen LogP contribution in [-0.4, -0.2) is 29.9 Å². The zero-order chi connectivity index (χ0) is 14.4. The topological polar surface area (TPSA) is 75.4 Å². The van der Waals surface area contributed by atoms with Gasteiger partial charge < -0.3 is 16.0 Å². The van der Waals surface area contributed by atoms with Crippen LogP contribution in [0.5, 0.6) is 0 Å². The van der Waals surface area contributed by atoms with Crippen molar-refractivity contribution >= 4 is 34.7 Å². The zero-order valence-corrected chi connectivity index (χ0v) is 11.8. The van der Waals surface area contributed by atoms with E-state index in [2.05, 4.69) is 17.5 Å². The van der Waals surface area contributed by atoms with Gasteiger partial charge in [-0.2, -0.15) is 0 Å². The summed E-state index contributed by atoms with van der Waals surface area (Å²) in [4.78, 5) is 25.3. The van der Waals surface area contributed by atoms with Gasteiger partial charge in [0.25, 0.3) is 0 Å². The van der Waals surface area contributed by atoms with Crippen LogP contribution < -0.4 is 16.0 Å². The van der Waals surface area contributed by atoms with Crippen molar-refractivity contribution < 1.29 is 9.59 Å². The second-order valence-electron chi connectivity index (χ2n) is 4.04. The number of anilines is 1. The van der Waals surface area contributed by atoms with Crippen molar-refractivity contribution in [2.45, 2.75) is 13.8 Å². The number of carbonyl (C=O) groups is 2. The number of likely N-dealkylation sites (N-methyl/N-ethyl adjacent to an activating group) is 1. The van der Waals surface area contributed by atoms with Crippen LogP contribution >= 0.6 is 12.2 Å². The number of carbonyl (C=O) groups excluding carboxylic acids is 2. The molecule has 0 aliphatic rings. The lowest BCUT2D eigenvalue weighted by Crippen LogP contribution is -2.45. The lowest BCUT2D eigenvalue weighted by atomic mass is 10.2. The van der Waals surface area contributed by atoms with Gasteiger partial charge in [0.1, 0.15) is 0 Å². The number of aryl methyl sites for hydroxylation is 1. The normalized spacial score (nSPS) is 9.79. The summed E-state index contributed by atoms with van der Waals surface area (Å²) in [7, 11) is 0.